The van der Waals surface area contributed by atoms with E-state index in [4.69, 9.17) is 19.7 Å². The summed E-state index contributed by atoms with van der Waals surface area (Å²) in [6, 6.07) is 0. The Bertz CT molecular complexity index is 506. The number of carbonyl (C=O) groups is 2. The lowest BCUT2D eigenvalue weighted by atomic mass is 10.0. The lowest BCUT2D eigenvalue weighted by Gasteiger charge is -2.16. The fourth-order valence-electron chi connectivity index (χ4n) is 3.96. The Labute approximate surface area is 215 Å². The number of carbonyl (C=O) groups excluding carboxylic acids is 2. The van der Waals surface area contributed by atoms with Gasteiger partial charge in [-0.15, -0.1) is 0 Å². The highest BCUT2D eigenvalue weighted by Gasteiger charge is 2.17. The minimum absolute atomic E-state index is 0.0613. The van der Waals surface area contributed by atoms with E-state index >= 15 is 0 Å². The molecule has 0 unspecified atom stereocenters. The van der Waals surface area contributed by atoms with Crippen molar-refractivity contribution in [2.45, 2.75) is 141 Å². The van der Waals surface area contributed by atoms with E-state index in [2.05, 4.69) is 6.92 Å². The number of hydrogen-bond donors (Lipinski definition) is 1. The number of nitrogens with two attached hydrogens (primary N) is 1. The molecule has 0 saturated heterocycles. The van der Waals surface area contributed by atoms with Crippen LogP contribution in [0.1, 0.15) is 135 Å². The van der Waals surface area contributed by atoms with Gasteiger partial charge in [-0.2, -0.15) is 0 Å². The van der Waals surface area contributed by atoms with Crippen LogP contribution in [-0.2, 0) is 28.2 Å². The van der Waals surface area contributed by atoms with Crippen LogP contribution in [0.25, 0.3) is 0 Å². The highest BCUT2D eigenvalue weighted by Crippen LogP contribution is 2.13. The molecule has 0 radical (unpaired) electrons. The van der Waals surface area contributed by atoms with Gasteiger partial charge >= 0.3 is 20.6 Å². The van der Waals surface area contributed by atoms with Gasteiger partial charge in [0.2, 0.25) is 0 Å². The van der Waals surface area contributed by atoms with E-state index in [1.165, 1.54) is 64.2 Å². The molecular formula is C27H52NO6P. The van der Waals surface area contributed by atoms with Crippen LogP contribution in [-0.4, -0.2) is 37.8 Å². The average Bonchev–Trinajstić information content (AvgIpc) is 2.85. The van der Waals surface area contributed by atoms with E-state index in [0.717, 1.165) is 57.9 Å². The maximum absolute atomic E-state index is 12.0. The molecular weight excluding hydrogens is 465 g/mol. The number of esters is 2. The van der Waals surface area contributed by atoms with E-state index in [0.29, 0.717) is 12.8 Å². The Hall–Kier alpha value is -1.04. The standard InChI is InChI=1S/C27H52NO6P/c1-2-3-4-14-18-21-27(30)34-25(24-33-35-31)23-32-26(29)20-17-15-12-10-8-6-5-7-9-11-13-16-19-22-28/h25H,2-24,28H2,1H3/t25-/m1/s1. The van der Waals surface area contributed by atoms with Gasteiger partial charge in [0.05, 0.1) is 0 Å². The van der Waals surface area contributed by atoms with Crippen LogP contribution in [0.2, 0.25) is 0 Å². The summed E-state index contributed by atoms with van der Waals surface area (Å²) in [7, 11) is -0.488. The zero-order chi connectivity index (χ0) is 25.8. The van der Waals surface area contributed by atoms with Gasteiger partial charge in [-0.25, -0.2) is 4.57 Å². The molecule has 35 heavy (non-hydrogen) atoms. The zero-order valence-corrected chi connectivity index (χ0v) is 23.2. The average molecular weight is 518 g/mol. The van der Waals surface area contributed by atoms with Gasteiger partial charge in [-0.3, -0.25) is 14.1 Å². The highest BCUT2D eigenvalue weighted by atomic mass is 31.1. The van der Waals surface area contributed by atoms with Gasteiger partial charge in [0.25, 0.3) is 0 Å². The van der Waals surface area contributed by atoms with Crippen molar-refractivity contribution in [2.24, 2.45) is 5.73 Å². The Morgan fingerprint density at radius 3 is 1.60 bits per heavy atom. The van der Waals surface area contributed by atoms with Gasteiger partial charge < -0.3 is 15.2 Å². The summed E-state index contributed by atoms with van der Waals surface area (Å²) in [5.74, 6) is -0.632. The van der Waals surface area contributed by atoms with Crippen molar-refractivity contribution in [3.63, 3.8) is 0 Å². The molecule has 206 valence electrons. The van der Waals surface area contributed by atoms with Crippen molar-refractivity contribution < 1.29 is 28.2 Å². The summed E-state index contributed by atoms with van der Waals surface area (Å²) in [6.07, 6.45) is 21.0. The quantitative estimate of drug-likeness (QED) is 0.0685. The summed E-state index contributed by atoms with van der Waals surface area (Å²) in [5.41, 5.74) is 5.51. The van der Waals surface area contributed by atoms with E-state index in [1.54, 1.807) is 0 Å². The first-order valence-corrected chi connectivity index (χ1v) is 14.9. The Morgan fingerprint density at radius 2 is 1.11 bits per heavy atom. The lowest BCUT2D eigenvalue weighted by Crippen LogP contribution is -2.28. The van der Waals surface area contributed by atoms with Crippen LogP contribution in [0.3, 0.4) is 0 Å². The van der Waals surface area contributed by atoms with Crippen LogP contribution in [0, 0.1) is 0 Å². The predicted molar refractivity (Wildman–Crippen MR) is 141 cm³/mol. The normalized spacial score (nSPS) is 12.1. The fraction of sp³-hybridized carbons (Fsp3) is 0.926. The van der Waals surface area contributed by atoms with Crippen molar-refractivity contribution in [1.82, 2.24) is 0 Å². The maximum Gasteiger partial charge on any atom is 0.327 e. The topological polar surface area (TPSA) is 105 Å². The van der Waals surface area contributed by atoms with Crippen molar-refractivity contribution in [2.75, 3.05) is 19.8 Å². The Balaban J connectivity index is 3.72. The number of rotatable bonds is 27. The second-order valence-corrected chi connectivity index (χ2v) is 9.87. The molecule has 7 nitrogen and oxygen atoms in total. The second-order valence-electron chi connectivity index (χ2n) is 9.46. The molecule has 1 atom stereocenters. The first-order chi connectivity index (χ1) is 17.1. The van der Waals surface area contributed by atoms with Crippen LogP contribution in [0.15, 0.2) is 0 Å². The molecule has 0 aromatic rings. The van der Waals surface area contributed by atoms with Crippen LogP contribution >= 0.6 is 8.69 Å². The summed E-state index contributed by atoms with van der Waals surface area (Å²) in [6.45, 7) is 2.83. The lowest BCUT2D eigenvalue weighted by molar-refractivity contribution is -0.160. The summed E-state index contributed by atoms with van der Waals surface area (Å²) >= 11 is 0. The third-order valence-electron chi connectivity index (χ3n) is 6.11. The number of ether oxygens (including phenoxy) is 2. The van der Waals surface area contributed by atoms with Crippen LogP contribution in [0.4, 0.5) is 0 Å². The molecule has 8 heteroatoms. The molecule has 0 bridgehead atoms. The molecule has 0 saturated carbocycles. The highest BCUT2D eigenvalue weighted by molar-refractivity contribution is 7.17. The van der Waals surface area contributed by atoms with Crippen LogP contribution in [0.5, 0.6) is 0 Å². The first-order valence-electron chi connectivity index (χ1n) is 14.1. The molecule has 0 aromatic carbocycles. The van der Waals surface area contributed by atoms with Crippen molar-refractivity contribution >= 4 is 20.6 Å². The largest absolute Gasteiger partial charge is 0.462 e. The van der Waals surface area contributed by atoms with Gasteiger partial charge in [0, 0.05) is 12.8 Å². The molecule has 0 aliphatic heterocycles. The van der Waals surface area contributed by atoms with E-state index in [9.17, 15) is 14.2 Å². The molecule has 0 aliphatic rings. The minimum Gasteiger partial charge on any atom is -0.462 e. The second kappa shape index (κ2) is 27.5. The molecule has 0 spiro atoms. The Morgan fingerprint density at radius 1 is 0.657 bits per heavy atom. The SMILES string of the molecule is CCCCCCCC(=O)O[C@@H](COP=O)COC(=O)CCCCCCCCCCCCCCCN. The van der Waals surface area contributed by atoms with Gasteiger partial charge in [-0.1, -0.05) is 103 Å². The summed E-state index contributed by atoms with van der Waals surface area (Å²) in [4.78, 5) is 24.0. The van der Waals surface area contributed by atoms with Gasteiger partial charge in [0.1, 0.15) is 13.2 Å². The maximum atomic E-state index is 12.0. The van der Waals surface area contributed by atoms with Crippen LogP contribution < -0.4 is 5.73 Å². The summed E-state index contributed by atoms with van der Waals surface area (Å²) in [5, 5.41) is 0. The summed E-state index contributed by atoms with van der Waals surface area (Å²) < 4.78 is 26.0. The monoisotopic (exact) mass is 517 g/mol. The molecule has 2 N–H and O–H groups in total. The Kier molecular flexibility index (Phi) is 26.7. The molecule has 0 rings (SSSR count). The predicted octanol–water partition coefficient (Wildman–Crippen LogP) is 7.45. The van der Waals surface area contributed by atoms with Gasteiger partial charge in [0.15, 0.2) is 6.10 Å². The zero-order valence-electron chi connectivity index (χ0n) is 22.3. The third-order valence-corrected chi connectivity index (χ3v) is 6.37. The van der Waals surface area contributed by atoms with E-state index < -0.39 is 14.8 Å². The minimum atomic E-state index is -0.727. The van der Waals surface area contributed by atoms with Crippen molar-refractivity contribution in [3.05, 3.63) is 0 Å². The van der Waals surface area contributed by atoms with Crippen molar-refractivity contribution in [3.8, 4) is 0 Å². The fourth-order valence-corrected chi connectivity index (χ4v) is 4.19. The smallest absolute Gasteiger partial charge is 0.327 e. The van der Waals surface area contributed by atoms with Crippen molar-refractivity contribution in [1.29, 1.82) is 0 Å². The molecule has 0 amide bonds. The van der Waals surface area contributed by atoms with E-state index in [-0.39, 0.29) is 25.2 Å². The molecule has 0 aliphatic carbocycles. The first kappa shape index (κ1) is 34.0. The van der Waals surface area contributed by atoms with Gasteiger partial charge in [-0.05, 0) is 25.8 Å². The third kappa shape index (κ3) is 25.8. The number of hydrogen-bond acceptors (Lipinski definition) is 7. The number of unbranched alkanes of at least 4 members (excludes halogenated alkanes) is 16. The molecule has 0 fully saturated rings. The molecule has 0 aromatic heterocycles. The van der Waals surface area contributed by atoms with E-state index in [1.807, 2.05) is 0 Å². The molecule has 0 heterocycles.